The second kappa shape index (κ2) is 5.99. The van der Waals surface area contributed by atoms with Crippen LogP contribution in [-0.4, -0.2) is 10.8 Å². The van der Waals surface area contributed by atoms with E-state index in [1.807, 2.05) is 36.4 Å². The summed E-state index contributed by atoms with van der Waals surface area (Å²) in [5.41, 5.74) is 4.41. The molecule has 4 rings (SSSR count). The van der Waals surface area contributed by atoms with Gasteiger partial charge in [-0.3, -0.25) is 4.79 Å². The smallest absolute Gasteiger partial charge is 0.193 e. The van der Waals surface area contributed by atoms with E-state index < -0.39 is 0 Å². The molecule has 4 aromatic rings. The van der Waals surface area contributed by atoms with Crippen LogP contribution in [0.3, 0.4) is 0 Å². The maximum atomic E-state index is 12.6. The Morgan fingerprint density at radius 2 is 1.50 bits per heavy atom. The number of hydrogen-bond donors (Lipinski definition) is 1. The molecule has 0 amide bonds. The van der Waals surface area contributed by atoms with Gasteiger partial charge in [-0.2, -0.15) is 0 Å². The lowest BCUT2D eigenvalue weighted by atomic mass is 10.0. The van der Waals surface area contributed by atoms with Crippen molar-refractivity contribution in [2.45, 2.75) is 0 Å². The molecule has 24 heavy (non-hydrogen) atoms. The van der Waals surface area contributed by atoms with Gasteiger partial charge in [0.25, 0.3) is 0 Å². The number of nitrogens with one attached hydrogen (secondary N) is 1. The van der Waals surface area contributed by atoms with E-state index in [4.69, 9.17) is 11.6 Å². The molecule has 3 aromatic carbocycles. The Morgan fingerprint density at radius 3 is 2.25 bits per heavy atom. The Hall–Kier alpha value is -2.84. The van der Waals surface area contributed by atoms with Gasteiger partial charge in [0.15, 0.2) is 5.78 Å². The van der Waals surface area contributed by atoms with Gasteiger partial charge in [-0.15, -0.1) is 0 Å². The van der Waals surface area contributed by atoms with Crippen molar-refractivity contribution in [2.75, 3.05) is 0 Å². The third kappa shape index (κ3) is 2.72. The molecule has 2 nitrogen and oxygen atoms in total. The fourth-order valence-corrected chi connectivity index (χ4v) is 2.94. The molecule has 0 aliphatic carbocycles. The minimum absolute atomic E-state index is 0.00979. The Labute approximate surface area is 144 Å². The number of rotatable bonds is 3. The lowest BCUT2D eigenvalue weighted by Gasteiger charge is -2.02. The second-order valence-corrected chi connectivity index (χ2v) is 6.12. The highest BCUT2D eigenvalue weighted by atomic mass is 35.5. The molecule has 0 spiro atoms. The monoisotopic (exact) mass is 331 g/mol. The van der Waals surface area contributed by atoms with Gasteiger partial charge < -0.3 is 4.98 Å². The SMILES string of the molecule is O=C(c1ccc(Cl)cc1)c1ccc2cc(-c3ccccc3)[nH]c2c1. The Kier molecular flexibility index (Phi) is 3.68. The van der Waals surface area contributed by atoms with Crippen molar-refractivity contribution in [3.8, 4) is 11.3 Å². The van der Waals surface area contributed by atoms with Crippen LogP contribution in [0.5, 0.6) is 0 Å². The summed E-state index contributed by atoms with van der Waals surface area (Å²) in [7, 11) is 0. The van der Waals surface area contributed by atoms with Gasteiger partial charge in [-0.05, 0) is 42.0 Å². The van der Waals surface area contributed by atoms with Crippen molar-refractivity contribution in [2.24, 2.45) is 0 Å². The lowest BCUT2D eigenvalue weighted by Crippen LogP contribution is -2.00. The standard InChI is InChI=1S/C21H14ClNO/c22-18-10-8-15(9-11-18)21(24)17-7-6-16-12-19(23-20(16)13-17)14-4-2-1-3-5-14/h1-13,23H. The molecule has 0 saturated heterocycles. The number of fused-ring (bicyclic) bond motifs is 1. The van der Waals surface area contributed by atoms with Gasteiger partial charge in [-0.1, -0.05) is 54.1 Å². The number of aromatic nitrogens is 1. The van der Waals surface area contributed by atoms with Gasteiger partial charge in [0.05, 0.1) is 0 Å². The molecule has 0 aliphatic heterocycles. The first kappa shape index (κ1) is 14.7. The normalized spacial score (nSPS) is 10.9. The summed E-state index contributed by atoms with van der Waals surface area (Å²) in [5.74, 6) is -0.00979. The Morgan fingerprint density at radius 1 is 0.792 bits per heavy atom. The molecule has 0 radical (unpaired) electrons. The highest BCUT2D eigenvalue weighted by molar-refractivity contribution is 6.30. The number of H-pyrrole nitrogens is 1. The van der Waals surface area contributed by atoms with Crippen molar-refractivity contribution in [1.29, 1.82) is 0 Å². The maximum Gasteiger partial charge on any atom is 0.193 e. The van der Waals surface area contributed by atoms with Crippen LogP contribution in [0, 0.1) is 0 Å². The van der Waals surface area contributed by atoms with Crippen molar-refractivity contribution in [3.63, 3.8) is 0 Å². The number of ketones is 1. The highest BCUT2D eigenvalue weighted by Crippen LogP contribution is 2.25. The zero-order chi connectivity index (χ0) is 16.5. The average Bonchev–Trinajstić information content (AvgIpc) is 3.06. The van der Waals surface area contributed by atoms with Gasteiger partial charge in [-0.25, -0.2) is 0 Å². The number of aromatic amines is 1. The van der Waals surface area contributed by atoms with Crippen molar-refractivity contribution in [3.05, 3.63) is 95.0 Å². The molecule has 0 unspecified atom stereocenters. The molecule has 1 heterocycles. The van der Waals surface area contributed by atoms with Crippen LogP contribution < -0.4 is 0 Å². The van der Waals surface area contributed by atoms with Crippen molar-refractivity contribution >= 4 is 28.3 Å². The summed E-state index contributed by atoms with van der Waals surface area (Å²) in [6.45, 7) is 0. The first-order valence-corrected chi connectivity index (χ1v) is 8.07. The number of benzene rings is 3. The van der Waals surface area contributed by atoms with Crippen LogP contribution in [-0.2, 0) is 0 Å². The van der Waals surface area contributed by atoms with Gasteiger partial charge in [0.2, 0.25) is 0 Å². The number of carbonyl (C=O) groups excluding carboxylic acids is 1. The van der Waals surface area contributed by atoms with Crippen LogP contribution in [0.15, 0.2) is 78.9 Å². The average molecular weight is 332 g/mol. The highest BCUT2D eigenvalue weighted by Gasteiger charge is 2.11. The second-order valence-electron chi connectivity index (χ2n) is 5.69. The third-order valence-electron chi connectivity index (χ3n) is 4.08. The molecule has 0 aliphatic rings. The van der Waals surface area contributed by atoms with E-state index >= 15 is 0 Å². The van der Waals surface area contributed by atoms with Crippen LogP contribution in [0.2, 0.25) is 5.02 Å². The third-order valence-corrected chi connectivity index (χ3v) is 4.33. The summed E-state index contributed by atoms with van der Waals surface area (Å²) in [6, 6.07) is 24.9. The zero-order valence-electron chi connectivity index (χ0n) is 12.8. The van der Waals surface area contributed by atoms with E-state index in [0.29, 0.717) is 16.1 Å². The molecule has 0 atom stereocenters. The zero-order valence-corrected chi connectivity index (χ0v) is 13.5. The number of carbonyl (C=O) groups is 1. The van der Waals surface area contributed by atoms with E-state index in [1.54, 1.807) is 24.3 Å². The van der Waals surface area contributed by atoms with Crippen LogP contribution in [0.1, 0.15) is 15.9 Å². The molecular weight excluding hydrogens is 318 g/mol. The Bertz CT molecular complexity index is 1020. The predicted molar refractivity (Wildman–Crippen MR) is 98.6 cm³/mol. The van der Waals surface area contributed by atoms with Gasteiger partial charge in [0.1, 0.15) is 0 Å². The van der Waals surface area contributed by atoms with E-state index in [-0.39, 0.29) is 5.78 Å². The number of hydrogen-bond acceptors (Lipinski definition) is 1. The minimum atomic E-state index is -0.00979. The van der Waals surface area contributed by atoms with Crippen LogP contribution >= 0.6 is 11.6 Å². The summed E-state index contributed by atoms with van der Waals surface area (Å²) < 4.78 is 0. The van der Waals surface area contributed by atoms with Crippen molar-refractivity contribution in [1.82, 2.24) is 4.98 Å². The first-order valence-electron chi connectivity index (χ1n) is 7.69. The van der Waals surface area contributed by atoms with Crippen LogP contribution in [0.4, 0.5) is 0 Å². The summed E-state index contributed by atoms with van der Waals surface area (Å²) in [5, 5.41) is 1.71. The largest absolute Gasteiger partial charge is 0.355 e. The summed E-state index contributed by atoms with van der Waals surface area (Å²) in [4.78, 5) is 16.0. The fraction of sp³-hybridized carbons (Fsp3) is 0. The molecule has 0 saturated carbocycles. The van der Waals surface area contributed by atoms with E-state index in [9.17, 15) is 4.79 Å². The molecular formula is C21H14ClNO. The molecule has 0 fully saturated rings. The maximum absolute atomic E-state index is 12.6. The van der Waals surface area contributed by atoms with E-state index in [0.717, 1.165) is 22.2 Å². The quantitative estimate of drug-likeness (QED) is 0.478. The molecule has 1 aromatic heterocycles. The van der Waals surface area contributed by atoms with Crippen molar-refractivity contribution < 1.29 is 4.79 Å². The molecule has 1 N–H and O–H groups in total. The Balaban J connectivity index is 1.73. The van der Waals surface area contributed by atoms with Crippen LogP contribution in [0.25, 0.3) is 22.2 Å². The topological polar surface area (TPSA) is 32.9 Å². The molecule has 3 heteroatoms. The predicted octanol–water partition coefficient (Wildman–Crippen LogP) is 5.72. The lowest BCUT2D eigenvalue weighted by molar-refractivity contribution is 0.103. The van der Waals surface area contributed by atoms with E-state index in [2.05, 4.69) is 23.2 Å². The fourth-order valence-electron chi connectivity index (χ4n) is 2.81. The summed E-state index contributed by atoms with van der Waals surface area (Å²) in [6.07, 6.45) is 0. The molecule has 0 bridgehead atoms. The number of halogens is 1. The minimum Gasteiger partial charge on any atom is -0.355 e. The molecule has 116 valence electrons. The van der Waals surface area contributed by atoms with Gasteiger partial charge in [0, 0.05) is 32.7 Å². The summed E-state index contributed by atoms with van der Waals surface area (Å²) >= 11 is 5.89. The van der Waals surface area contributed by atoms with Gasteiger partial charge >= 0.3 is 0 Å². The van der Waals surface area contributed by atoms with E-state index in [1.165, 1.54) is 0 Å². The first-order chi connectivity index (χ1) is 11.7.